The molecule has 2 unspecified atom stereocenters. The maximum Gasteiger partial charge on any atom is 0.308 e. The minimum atomic E-state index is -0.778. The largest absolute Gasteiger partial charge is 0.481 e. The zero-order valence-corrected chi connectivity index (χ0v) is 10.1. The van der Waals surface area contributed by atoms with Gasteiger partial charge in [0.25, 0.3) is 0 Å². The molecule has 1 aromatic rings. The Morgan fingerprint density at radius 3 is 2.78 bits per heavy atom. The molecule has 98 valence electrons. The normalized spacial score (nSPS) is 22.2. The van der Waals surface area contributed by atoms with Crippen LogP contribution < -0.4 is 0 Å². The molecule has 5 heteroatoms. The summed E-state index contributed by atoms with van der Waals surface area (Å²) in [6.45, 7) is 0.566. The lowest BCUT2D eigenvalue weighted by Crippen LogP contribution is -2.26. The molecule has 0 saturated heterocycles. The van der Waals surface area contributed by atoms with Crippen LogP contribution >= 0.6 is 0 Å². The Labute approximate surface area is 104 Å². The molecule has 0 spiro atoms. The molecule has 1 aliphatic carbocycles. The fraction of sp³-hybridized carbons (Fsp3) is 0.462. The third-order valence-electron chi connectivity index (χ3n) is 3.39. The van der Waals surface area contributed by atoms with E-state index in [-0.39, 0.29) is 12.0 Å². The van der Waals surface area contributed by atoms with Gasteiger partial charge in [0.05, 0.1) is 5.92 Å². The number of halogens is 2. The number of carbonyl (C=O) groups is 1. The quantitative estimate of drug-likeness (QED) is 0.873. The van der Waals surface area contributed by atoms with Gasteiger partial charge in [0.1, 0.15) is 11.6 Å². The van der Waals surface area contributed by atoms with Gasteiger partial charge in [0.15, 0.2) is 0 Å². The van der Waals surface area contributed by atoms with E-state index < -0.39 is 17.6 Å². The first-order valence-electron chi connectivity index (χ1n) is 5.86. The van der Waals surface area contributed by atoms with Crippen LogP contribution in [0.1, 0.15) is 12.0 Å². The molecular formula is C13H15F2NO2. The van der Waals surface area contributed by atoms with Crippen molar-refractivity contribution >= 4 is 5.97 Å². The average Bonchev–Trinajstić information content (AvgIpc) is 3.07. The van der Waals surface area contributed by atoms with Crippen LogP contribution in [-0.4, -0.2) is 35.6 Å². The summed E-state index contributed by atoms with van der Waals surface area (Å²) in [5.74, 6) is -2.21. The van der Waals surface area contributed by atoms with E-state index in [4.69, 9.17) is 5.11 Å². The highest BCUT2D eigenvalue weighted by Gasteiger charge is 2.45. The molecule has 0 bridgehead atoms. The van der Waals surface area contributed by atoms with Gasteiger partial charge in [0.2, 0.25) is 0 Å². The minimum absolute atomic E-state index is 0.0472. The van der Waals surface area contributed by atoms with Crippen LogP contribution in [-0.2, 0) is 11.2 Å². The third-order valence-corrected chi connectivity index (χ3v) is 3.39. The van der Waals surface area contributed by atoms with Crippen LogP contribution in [0.25, 0.3) is 0 Å². The zero-order valence-electron chi connectivity index (χ0n) is 10.1. The van der Waals surface area contributed by atoms with Gasteiger partial charge in [0, 0.05) is 18.7 Å². The maximum atomic E-state index is 13.4. The second-order valence-electron chi connectivity index (χ2n) is 4.71. The van der Waals surface area contributed by atoms with E-state index >= 15 is 0 Å². The Hall–Kier alpha value is -1.49. The van der Waals surface area contributed by atoms with Gasteiger partial charge in [-0.05, 0) is 31.5 Å². The molecular weight excluding hydrogens is 240 g/mol. The second kappa shape index (κ2) is 5.02. The number of rotatable bonds is 5. The molecule has 2 rings (SSSR count). The number of aliphatic carboxylic acids is 1. The molecule has 1 aromatic carbocycles. The van der Waals surface area contributed by atoms with E-state index in [1.54, 1.807) is 0 Å². The van der Waals surface area contributed by atoms with Crippen molar-refractivity contribution in [1.29, 1.82) is 0 Å². The monoisotopic (exact) mass is 255 g/mol. The van der Waals surface area contributed by atoms with Gasteiger partial charge in [-0.15, -0.1) is 0 Å². The number of carboxylic acid groups (broad SMARTS) is 1. The number of nitrogens with zero attached hydrogens (tertiary/aromatic N) is 1. The topological polar surface area (TPSA) is 40.5 Å². The molecule has 0 aliphatic heterocycles. The molecule has 1 saturated carbocycles. The van der Waals surface area contributed by atoms with E-state index in [1.165, 1.54) is 12.1 Å². The van der Waals surface area contributed by atoms with E-state index in [1.807, 2.05) is 11.9 Å². The van der Waals surface area contributed by atoms with Crippen molar-refractivity contribution in [2.24, 2.45) is 5.92 Å². The molecule has 1 N–H and O–H groups in total. The first-order chi connectivity index (χ1) is 8.49. The van der Waals surface area contributed by atoms with Crippen molar-refractivity contribution in [3.8, 4) is 0 Å². The first-order valence-corrected chi connectivity index (χ1v) is 5.86. The van der Waals surface area contributed by atoms with Crippen molar-refractivity contribution in [1.82, 2.24) is 4.90 Å². The zero-order chi connectivity index (χ0) is 13.3. The predicted molar refractivity (Wildman–Crippen MR) is 62.2 cm³/mol. The van der Waals surface area contributed by atoms with Crippen molar-refractivity contribution < 1.29 is 18.7 Å². The van der Waals surface area contributed by atoms with E-state index in [0.717, 1.165) is 6.07 Å². The first kappa shape index (κ1) is 13.0. The second-order valence-corrected chi connectivity index (χ2v) is 4.71. The fourth-order valence-electron chi connectivity index (χ4n) is 2.12. The van der Waals surface area contributed by atoms with Crippen molar-refractivity contribution in [2.75, 3.05) is 13.6 Å². The Morgan fingerprint density at radius 2 is 2.22 bits per heavy atom. The summed E-state index contributed by atoms with van der Waals surface area (Å²) in [7, 11) is 1.83. The van der Waals surface area contributed by atoms with Gasteiger partial charge in [-0.2, -0.15) is 0 Å². The molecule has 2 atom stereocenters. The average molecular weight is 255 g/mol. The lowest BCUT2D eigenvalue weighted by molar-refractivity contribution is -0.138. The lowest BCUT2D eigenvalue weighted by atomic mass is 10.1. The predicted octanol–water partition coefficient (Wildman–Crippen LogP) is 1.91. The van der Waals surface area contributed by atoms with Gasteiger partial charge >= 0.3 is 5.97 Å². The summed E-state index contributed by atoms with van der Waals surface area (Å²) in [6, 6.07) is 3.58. The van der Waals surface area contributed by atoms with Gasteiger partial charge < -0.3 is 10.0 Å². The van der Waals surface area contributed by atoms with Crippen LogP contribution in [0.3, 0.4) is 0 Å². The molecule has 0 aromatic heterocycles. The Morgan fingerprint density at radius 1 is 1.50 bits per heavy atom. The number of carboxylic acids is 1. The Kier molecular flexibility index (Phi) is 3.61. The van der Waals surface area contributed by atoms with Crippen LogP contribution in [0.4, 0.5) is 8.78 Å². The molecule has 1 fully saturated rings. The molecule has 1 aliphatic rings. The summed E-state index contributed by atoms with van der Waals surface area (Å²) in [5.41, 5.74) is 0.454. The van der Waals surface area contributed by atoms with Crippen LogP contribution in [0.5, 0.6) is 0 Å². The van der Waals surface area contributed by atoms with Crippen LogP contribution in [0.15, 0.2) is 18.2 Å². The number of hydrogen-bond donors (Lipinski definition) is 1. The Bertz CT molecular complexity index is 464. The highest BCUT2D eigenvalue weighted by molar-refractivity contribution is 5.74. The number of benzene rings is 1. The summed E-state index contributed by atoms with van der Waals surface area (Å²) < 4.78 is 26.1. The van der Waals surface area contributed by atoms with Crippen molar-refractivity contribution in [2.45, 2.75) is 18.9 Å². The standard InChI is InChI=1S/C13H15F2NO2/c1-16(12-7-10(12)13(17)18)5-4-8-2-3-9(14)6-11(8)15/h2-3,6,10,12H,4-5,7H2,1H3,(H,17,18). The Balaban J connectivity index is 1.86. The number of likely N-dealkylation sites (N-methyl/N-ethyl adjacent to an activating group) is 1. The SMILES string of the molecule is CN(CCc1ccc(F)cc1F)C1CC1C(=O)O. The number of hydrogen-bond acceptors (Lipinski definition) is 2. The fourth-order valence-corrected chi connectivity index (χ4v) is 2.12. The van der Waals surface area contributed by atoms with Gasteiger partial charge in [-0.1, -0.05) is 6.07 Å². The highest BCUT2D eigenvalue weighted by Crippen LogP contribution is 2.35. The third kappa shape index (κ3) is 2.85. The molecule has 18 heavy (non-hydrogen) atoms. The summed E-state index contributed by atoms with van der Waals surface area (Å²) in [4.78, 5) is 12.6. The van der Waals surface area contributed by atoms with E-state index in [0.29, 0.717) is 24.9 Å². The minimum Gasteiger partial charge on any atom is -0.481 e. The summed E-state index contributed by atoms with van der Waals surface area (Å²) in [6.07, 6.45) is 1.10. The lowest BCUT2D eigenvalue weighted by Gasteiger charge is -2.16. The molecule has 3 nitrogen and oxygen atoms in total. The van der Waals surface area contributed by atoms with Crippen molar-refractivity contribution in [3.63, 3.8) is 0 Å². The van der Waals surface area contributed by atoms with E-state index in [2.05, 4.69) is 0 Å². The highest BCUT2D eigenvalue weighted by atomic mass is 19.1. The van der Waals surface area contributed by atoms with Crippen LogP contribution in [0.2, 0.25) is 0 Å². The van der Waals surface area contributed by atoms with Gasteiger partial charge in [-0.3, -0.25) is 4.79 Å². The summed E-state index contributed by atoms with van der Waals surface area (Å²) >= 11 is 0. The van der Waals surface area contributed by atoms with Crippen LogP contribution in [0, 0.1) is 17.6 Å². The smallest absolute Gasteiger partial charge is 0.308 e. The maximum absolute atomic E-state index is 13.4. The van der Waals surface area contributed by atoms with Crippen molar-refractivity contribution in [3.05, 3.63) is 35.4 Å². The van der Waals surface area contributed by atoms with Gasteiger partial charge in [-0.25, -0.2) is 8.78 Å². The van der Waals surface area contributed by atoms with E-state index in [9.17, 15) is 13.6 Å². The molecule has 0 radical (unpaired) electrons. The summed E-state index contributed by atoms with van der Waals surface area (Å²) in [5, 5.41) is 8.80. The molecule has 0 amide bonds. The molecule has 0 heterocycles.